The predicted octanol–water partition coefficient (Wildman–Crippen LogP) is 3.74. The number of hydrogen-bond acceptors (Lipinski definition) is 5. The van der Waals surface area contributed by atoms with Gasteiger partial charge in [-0.25, -0.2) is 4.79 Å². The van der Waals surface area contributed by atoms with Crippen molar-refractivity contribution < 1.29 is 14.3 Å². The van der Waals surface area contributed by atoms with E-state index in [1.807, 2.05) is 40.9 Å². The maximum absolute atomic E-state index is 13.6. The van der Waals surface area contributed by atoms with E-state index in [1.54, 1.807) is 7.11 Å². The number of benzene rings is 1. The number of hydrogen-bond donors (Lipinski definition) is 0. The van der Waals surface area contributed by atoms with Crippen LogP contribution in [-0.4, -0.2) is 83.5 Å². The number of imide groups is 1. The van der Waals surface area contributed by atoms with Crippen molar-refractivity contribution in [2.75, 3.05) is 45.3 Å². The first-order valence-corrected chi connectivity index (χ1v) is 12.7. The van der Waals surface area contributed by atoms with Gasteiger partial charge in [0.1, 0.15) is 11.3 Å². The van der Waals surface area contributed by atoms with Crippen LogP contribution in [0.5, 0.6) is 5.75 Å². The molecule has 2 aliphatic heterocycles. The van der Waals surface area contributed by atoms with E-state index in [0.29, 0.717) is 32.0 Å². The number of likely N-dealkylation sites (tertiary alicyclic amines) is 1. The highest BCUT2D eigenvalue weighted by atomic mass is 32.2. The zero-order chi connectivity index (χ0) is 22.6. The number of piperidine rings is 1. The monoisotopic (exact) mass is 447 g/mol. The van der Waals surface area contributed by atoms with Gasteiger partial charge in [-0.05, 0) is 56.1 Å². The lowest BCUT2D eigenvalue weighted by Crippen LogP contribution is -2.58. The van der Waals surface area contributed by atoms with Crippen LogP contribution < -0.4 is 4.74 Å². The van der Waals surface area contributed by atoms with Gasteiger partial charge in [0.2, 0.25) is 0 Å². The number of carbonyl (C=O) groups is 2. The van der Waals surface area contributed by atoms with E-state index >= 15 is 0 Å². The van der Waals surface area contributed by atoms with Gasteiger partial charge in [-0.1, -0.05) is 26.0 Å². The molecule has 2 fully saturated rings. The highest BCUT2D eigenvalue weighted by Crippen LogP contribution is 2.38. The molecule has 3 amide bonds. The van der Waals surface area contributed by atoms with E-state index in [1.165, 1.54) is 4.90 Å². The van der Waals surface area contributed by atoms with Crippen LogP contribution in [0, 0.1) is 5.92 Å². The Balaban J connectivity index is 1.78. The zero-order valence-electron chi connectivity index (χ0n) is 19.6. The van der Waals surface area contributed by atoms with Crippen molar-refractivity contribution in [1.82, 2.24) is 14.7 Å². The Labute approximate surface area is 191 Å². The third-order valence-corrected chi connectivity index (χ3v) is 7.42. The van der Waals surface area contributed by atoms with Crippen LogP contribution in [0.2, 0.25) is 0 Å². The highest BCUT2D eigenvalue weighted by molar-refractivity contribution is 7.98. The van der Waals surface area contributed by atoms with Gasteiger partial charge in [-0.15, -0.1) is 0 Å². The van der Waals surface area contributed by atoms with Gasteiger partial charge < -0.3 is 9.64 Å². The number of nitrogens with zero attached hydrogens (tertiary/aromatic N) is 3. The minimum atomic E-state index is -0.686. The molecule has 7 heteroatoms. The third kappa shape index (κ3) is 5.03. The molecule has 0 aliphatic carbocycles. The molecule has 2 saturated heterocycles. The zero-order valence-corrected chi connectivity index (χ0v) is 20.4. The Bertz CT molecular complexity index is 760. The number of ether oxygens (including phenoxy) is 1. The van der Waals surface area contributed by atoms with Crippen LogP contribution in [-0.2, 0) is 11.2 Å². The lowest BCUT2D eigenvalue weighted by atomic mass is 9.85. The fourth-order valence-corrected chi connectivity index (χ4v) is 5.51. The summed E-state index contributed by atoms with van der Waals surface area (Å²) in [6.07, 6.45) is 4.29. The molecule has 3 rings (SSSR count). The van der Waals surface area contributed by atoms with Gasteiger partial charge in [-0.3, -0.25) is 14.6 Å². The predicted molar refractivity (Wildman–Crippen MR) is 127 cm³/mol. The summed E-state index contributed by atoms with van der Waals surface area (Å²) in [5.74, 6) is 2.18. The van der Waals surface area contributed by atoms with Gasteiger partial charge in [-0.2, -0.15) is 11.8 Å². The summed E-state index contributed by atoms with van der Waals surface area (Å²) in [4.78, 5) is 32.8. The molecule has 0 saturated carbocycles. The molecule has 1 spiro atoms. The fourth-order valence-electron chi connectivity index (χ4n) is 4.82. The lowest BCUT2D eigenvalue weighted by Gasteiger charge is -2.44. The summed E-state index contributed by atoms with van der Waals surface area (Å²) < 4.78 is 5.24. The molecule has 1 aromatic carbocycles. The molecular weight excluding hydrogens is 410 g/mol. The van der Waals surface area contributed by atoms with Crippen molar-refractivity contribution in [3.63, 3.8) is 0 Å². The summed E-state index contributed by atoms with van der Waals surface area (Å²) in [7, 11) is 1.66. The Morgan fingerprint density at radius 2 is 1.74 bits per heavy atom. The van der Waals surface area contributed by atoms with E-state index in [2.05, 4.69) is 31.9 Å². The molecule has 0 unspecified atom stereocenters. The molecule has 172 valence electrons. The summed E-state index contributed by atoms with van der Waals surface area (Å²) in [6.45, 7) is 9.13. The van der Waals surface area contributed by atoms with Crippen molar-refractivity contribution in [1.29, 1.82) is 0 Å². The van der Waals surface area contributed by atoms with Crippen molar-refractivity contribution in [3.8, 4) is 5.75 Å². The number of thioether (sulfide) groups is 1. The Morgan fingerprint density at radius 3 is 2.29 bits per heavy atom. The van der Waals surface area contributed by atoms with E-state index < -0.39 is 5.54 Å². The Kier molecular flexibility index (Phi) is 7.92. The molecule has 6 nitrogen and oxygen atoms in total. The van der Waals surface area contributed by atoms with Crippen LogP contribution >= 0.6 is 11.8 Å². The topological polar surface area (TPSA) is 53.1 Å². The minimum absolute atomic E-state index is 0.0121. The normalized spacial score (nSPS) is 20.2. The second kappa shape index (κ2) is 10.3. The van der Waals surface area contributed by atoms with Crippen molar-refractivity contribution in [2.24, 2.45) is 5.92 Å². The van der Waals surface area contributed by atoms with Gasteiger partial charge in [0.05, 0.1) is 7.11 Å². The molecule has 2 aliphatic rings. The standard InChI is InChI=1S/C24H37N3O3S/c1-18(2)16-26-22(28)24(11-14-25(15-12-24)19(3)17-31-5)27(23(26)29)13-10-20-6-8-21(30-4)9-7-20/h6-9,18-19H,10-17H2,1-5H3/t19-/m1/s1. The molecular formula is C24H37N3O3S. The molecule has 0 N–H and O–H groups in total. The SMILES string of the molecule is COc1ccc(CCN2C(=O)N(CC(C)C)C(=O)C23CCN([C@H](C)CSC)CC3)cc1. The Hall–Kier alpha value is -1.73. The van der Waals surface area contributed by atoms with Crippen LogP contribution in [0.4, 0.5) is 4.79 Å². The average Bonchev–Trinajstić information content (AvgIpc) is 2.94. The van der Waals surface area contributed by atoms with Gasteiger partial charge in [0, 0.05) is 38.0 Å². The molecule has 31 heavy (non-hydrogen) atoms. The van der Waals surface area contributed by atoms with Crippen molar-refractivity contribution in [3.05, 3.63) is 29.8 Å². The van der Waals surface area contributed by atoms with E-state index in [0.717, 1.165) is 36.6 Å². The van der Waals surface area contributed by atoms with Crippen molar-refractivity contribution in [2.45, 2.75) is 51.6 Å². The molecule has 0 radical (unpaired) electrons. The molecule has 1 aromatic rings. The summed E-state index contributed by atoms with van der Waals surface area (Å²) in [5, 5.41) is 0. The van der Waals surface area contributed by atoms with Crippen LogP contribution in [0.1, 0.15) is 39.2 Å². The molecule has 2 heterocycles. The number of methoxy groups -OCH3 is 1. The van der Waals surface area contributed by atoms with Crippen molar-refractivity contribution >= 4 is 23.7 Å². The van der Waals surface area contributed by atoms with Crippen LogP contribution in [0.15, 0.2) is 24.3 Å². The average molecular weight is 448 g/mol. The Morgan fingerprint density at radius 1 is 1.10 bits per heavy atom. The smallest absolute Gasteiger partial charge is 0.327 e. The third-order valence-electron chi connectivity index (χ3n) is 6.61. The second-order valence-electron chi connectivity index (χ2n) is 9.21. The highest BCUT2D eigenvalue weighted by Gasteiger charge is 2.57. The largest absolute Gasteiger partial charge is 0.497 e. The maximum atomic E-state index is 13.6. The number of urea groups is 1. The fraction of sp³-hybridized carbons (Fsp3) is 0.667. The quantitative estimate of drug-likeness (QED) is 0.540. The number of rotatable bonds is 9. The van der Waals surface area contributed by atoms with Crippen LogP contribution in [0.25, 0.3) is 0 Å². The van der Waals surface area contributed by atoms with E-state index in [4.69, 9.17) is 4.74 Å². The number of amides is 3. The van der Waals surface area contributed by atoms with E-state index in [-0.39, 0.29) is 17.9 Å². The first kappa shape index (κ1) is 23.9. The number of carbonyl (C=O) groups excluding carboxylic acids is 2. The first-order valence-electron chi connectivity index (χ1n) is 11.3. The summed E-state index contributed by atoms with van der Waals surface area (Å²) in [6, 6.07) is 8.33. The first-order chi connectivity index (χ1) is 14.8. The molecule has 0 aromatic heterocycles. The summed E-state index contributed by atoms with van der Waals surface area (Å²) >= 11 is 1.85. The molecule has 1 atom stereocenters. The summed E-state index contributed by atoms with van der Waals surface area (Å²) in [5.41, 5.74) is 0.457. The van der Waals surface area contributed by atoms with E-state index in [9.17, 15) is 9.59 Å². The van der Waals surface area contributed by atoms with Gasteiger partial charge >= 0.3 is 6.03 Å². The maximum Gasteiger partial charge on any atom is 0.327 e. The lowest BCUT2D eigenvalue weighted by molar-refractivity contribution is -0.136. The van der Waals surface area contributed by atoms with Gasteiger partial charge in [0.25, 0.3) is 5.91 Å². The van der Waals surface area contributed by atoms with Gasteiger partial charge in [0.15, 0.2) is 0 Å². The molecule has 0 bridgehead atoms. The minimum Gasteiger partial charge on any atom is -0.497 e. The second-order valence-corrected chi connectivity index (χ2v) is 10.1. The van der Waals surface area contributed by atoms with Crippen LogP contribution in [0.3, 0.4) is 0 Å².